The molecular formula is C14H25N5. The van der Waals surface area contributed by atoms with Crippen molar-refractivity contribution in [3.05, 3.63) is 11.4 Å². The molecule has 0 aromatic carbocycles. The summed E-state index contributed by atoms with van der Waals surface area (Å²) < 4.78 is 0. The summed E-state index contributed by atoms with van der Waals surface area (Å²) in [4.78, 5) is 11.6. The summed E-state index contributed by atoms with van der Waals surface area (Å²) in [6.07, 6.45) is 3.17. The van der Waals surface area contributed by atoms with Gasteiger partial charge in [-0.15, -0.1) is 0 Å². The minimum Gasteiger partial charge on any atom is -0.373 e. The van der Waals surface area contributed by atoms with E-state index >= 15 is 0 Å². The highest BCUT2D eigenvalue weighted by Gasteiger charge is 2.21. The molecule has 0 bridgehead atoms. The van der Waals surface area contributed by atoms with Gasteiger partial charge >= 0.3 is 0 Å². The van der Waals surface area contributed by atoms with Crippen molar-refractivity contribution in [2.24, 2.45) is 0 Å². The average molecular weight is 263 g/mol. The third-order valence-corrected chi connectivity index (χ3v) is 3.63. The normalized spacial score (nSPS) is 19.7. The summed E-state index contributed by atoms with van der Waals surface area (Å²) >= 11 is 0. The van der Waals surface area contributed by atoms with Gasteiger partial charge in [0.2, 0.25) is 0 Å². The highest BCUT2D eigenvalue weighted by molar-refractivity contribution is 5.57. The van der Waals surface area contributed by atoms with E-state index in [0.29, 0.717) is 6.04 Å². The van der Waals surface area contributed by atoms with Crippen LogP contribution in [0, 0.1) is 6.92 Å². The van der Waals surface area contributed by atoms with Crippen LogP contribution in [-0.4, -0.2) is 48.1 Å². The molecule has 0 saturated carbocycles. The van der Waals surface area contributed by atoms with Gasteiger partial charge in [-0.05, 0) is 33.4 Å². The number of hydrogen-bond donors (Lipinski definition) is 2. The average Bonchev–Trinajstić information content (AvgIpc) is 2.79. The lowest BCUT2D eigenvalue weighted by Gasteiger charge is -2.17. The standard InChI is InChI=1S/C14H25N5/c1-5-6-12-17-13(15-3)10(2)14(18-12)16-11-7-8-19(4)9-11/h11H,5-9H2,1-4H3,(H2,15,16,17,18). The maximum Gasteiger partial charge on any atom is 0.135 e. The first kappa shape index (κ1) is 14.1. The summed E-state index contributed by atoms with van der Waals surface area (Å²) in [5.41, 5.74) is 1.11. The fourth-order valence-electron chi connectivity index (χ4n) is 2.53. The van der Waals surface area contributed by atoms with E-state index in [2.05, 4.69) is 46.4 Å². The topological polar surface area (TPSA) is 53.1 Å². The molecule has 1 unspecified atom stereocenters. The quantitative estimate of drug-likeness (QED) is 0.849. The summed E-state index contributed by atoms with van der Waals surface area (Å²) in [6.45, 7) is 6.47. The number of anilines is 2. The Kier molecular flexibility index (Phi) is 4.58. The Bertz CT molecular complexity index is 432. The van der Waals surface area contributed by atoms with Crippen molar-refractivity contribution < 1.29 is 0 Å². The predicted octanol–water partition coefficient (Wildman–Crippen LogP) is 1.90. The Labute approximate surface area is 115 Å². The van der Waals surface area contributed by atoms with E-state index in [0.717, 1.165) is 49.0 Å². The molecular weight excluding hydrogens is 238 g/mol. The van der Waals surface area contributed by atoms with Crippen LogP contribution < -0.4 is 10.6 Å². The number of aromatic nitrogens is 2. The molecule has 1 atom stereocenters. The highest BCUT2D eigenvalue weighted by Crippen LogP contribution is 2.22. The second-order valence-electron chi connectivity index (χ2n) is 5.35. The molecule has 5 heteroatoms. The maximum absolute atomic E-state index is 4.68. The zero-order valence-corrected chi connectivity index (χ0v) is 12.5. The van der Waals surface area contributed by atoms with E-state index in [-0.39, 0.29) is 0 Å². The van der Waals surface area contributed by atoms with E-state index in [1.165, 1.54) is 6.42 Å². The molecule has 0 amide bonds. The second kappa shape index (κ2) is 6.19. The Morgan fingerprint density at radius 2 is 2.05 bits per heavy atom. The molecule has 5 nitrogen and oxygen atoms in total. The van der Waals surface area contributed by atoms with Gasteiger partial charge in [0.05, 0.1) is 0 Å². The number of likely N-dealkylation sites (tertiary alicyclic amines) is 1. The molecule has 1 saturated heterocycles. The number of rotatable bonds is 5. The Hall–Kier alpha value is -1.36. The molecule has 19 heavy (non-hydrogen) atoms. The van der Waals surface area contributed by atoms with Crippen LogP contribution in [-0.2, 0) is 6.42 Å². The van der Waals surface area contributed by atoms with Crippen LogP contribution >= 0.6 is 0 Å². The monoisotopic (exact) mass is 263 g/mol. The van der Waals surface area contributed by atoms with E-state index < -0.39 is 0 Å². The molecule has 2 N–H and O–H groups in total. The number of likely N-dealkylation sites (N-methyl/N-ethyl adjacent to an activating group) is 1. The van der Waals surface area contributed by atoms with E-state index in [1.807, 2.05) is 7.05 Å². The minimum atomic E-state index is 0.498. The van der Waals surface area contributed by atoms with Crippen LogP contribution in [0.4, 0.5) is 11.6 Å². The van der Waals surface area contributed by atoms with Crippen molar-refractivity contribution >= 4 is 11.6 Å². The molecule has 1 aromatic heterocycles. The fourth-order valence-corrected chi connectivity index (χ4v) is 2.53. The van der Waals surface area contributed by atoms with Gasteiger partial charge in [0.15, 0.2) is 0 Å². The third-order valence-electron chi connectivity index (χ3n) is 3.63. The second-order valence-corrected chi connectivity index (χ2v) is 5.35. The van der Waals surface area contributed by atoms with Gasteiger partial charge in [0, 0.05) is 31.6 Å². The van der Waals surface area contributed by atoms with Crippen molar-refractivity contribution in [2.45, 2.75) is 39.2 Å². The number of nitrogens with zero attached hydrogens (tertiary/aromatic N) is 3. The van der Waals surface area contributed by atoms with Gasteiger partial charge in [0.25, 0.3) is 0 Å². The van der Waals surface area contributed by atoms with Crippen molar-refractivity contribution in [2.75, 3.05) is 37.8 Å². The summed E-state index contributed by atoms with van der Waals surface area (Å²) in [5.74, 6) is 2.85. The number of hydrogen-bond acceptors (Lipinski definition) is 5. The van der Waals surface area contributed by atoms with Gasteiger partial charge in [-0.25, -0.2) is 9.97 Å². The van der Waals surface area contributed by atoms with E-state index in [1.54, 1.807) is 0 Å². The van der Waals surface area contributed by atoms with Gasteiger partial charge in [0.1, 0.15) is 17.5 Å². The van der Waals surface area contributed by atoms with Crippen LogP contribution in [0.3, 0.4) is 0 Å². The lowest BCUT2D eigenvalue weighted by Crippen LogP contribution is -2.25. The van der Waals surface area contributed by atoms with Crippen molar-refractivity contribution in [1.82, 2.24) is 14.9 Å². The maximum atomic E-state index is 4.68. The van der Waals surface area contributed by atoms with Crippen LogP contribution in [0.15, 0.2) is 0 Å². The summed E-state index contributed by atoms with van der Waals surface area (Å²) in [6, 6.07) is 0.498. The molecule has 2 rings (SSSR count). The third kappa shape index (κ3) is 3.35. The summed E-state index contributed by atoms with van der Waals surface area (Å²) in [7, 11) is 4.08. The summed E-state index contributed by atoms with van der Waals surface area (Å²) in [5, 5.41) is 6.75. The van der Waals surface area contributed by atoms with Crippen LogP contribution in [0.2, 0.25) is 0 Å². The minimum absolute atomic E-state index is 0.498. The Morgan fingerprint density at radius 3 is 2.63 bits per heavy atom. The smallest absolute Gasteiger partial charge is 0.135 e. The van der Waals surface area contributed by atoms with Crippen LogP contribution in [0.1, 0.15) is 31.2 Å². The highest BCUT2D eigenvalue weighted by atomic mass is 15.2. The molecule has 0 aliphatic carbocycles. The fraction of sp³-hybridized carbons (Fsp3) is 0.714. The van der Waals surface area contributed by atoms with Crippen molar-refractivity contribution in [3.63, 3.8) is 0 Å². The van der Waals surface area contributed by atoms with E-state index in [4.69, 9.17) is 0 Å². The SMILES string of the molecule is CCCc1nc(NC)c(C)c(NC2CCN(C)C2)n1. The zero-order valence-electron chi connectivity index (χ0n) is 12.5. The van der Waals surface area contributed by atoms with Gasteiger partial charge in [-0.3, -0.25) is 0 Å². The van der Waals surface area contributed by atoms with Crippen molar-refractivity contribution in [3.8, 4) is 0 Å². The zero-order chi connectivity index (χ0) is 13.8. The van der Waals surface area contributed by atoms with E-state index in [9.17, 15) is 0 Å². The van der Waals surface area contributed by atoms with Crippen LogP contribution in [0.5, 0.6) is 0 Å². The van der Waals surface area contributed by atoms with Crippen LogP contribution in [0.25, 0.3) is 0 Å². The molecule has 106 valence electrons. The molecule has 1 aromatic rings. The van der Waals surface area contributed by atoms with Crippen molar-refractivity contribution in [1.29, 1.82) is 0 Å². The molecule has 0 spiro atoms. The molecule has 1 aliphatic rings. The van der Waals surface area contributed by atoms with Gasteiger partial charge < -0.3 is 15.5 Å². The first-order chi connectivity index (χ1) is 9.13. The number of nitrogens with one attached hydrogen (secondary N) is 2. The Balaban J connectivity index is 2.19. The molecule has 1 fully saturated rings. The first-order valence-electron chi connectivity index (χ1n) is 7.14. The molecule has 2 heterocycles. The lowest BCUT2D eigenvalue weighted by atomic mass is 10.2. The molecule has 0 radical (unpaired) electrons. The first-order valence-corrected chi connectivity index (χ1v) is 7.14. The molecule has 1 aliphatic heterocycles. The Morgan fingerprint density at radius 1 is 1.32 bits per heavy atom. The number of aryl methyl sites for hydroxylation is 1. The van der Waals surface area contributed by atoms with Gasteiger partial charge in [-0.2, -0.15) is 0 Å². The largest absolute Gasteiger partial charge is 0.373 e. The lowest BCUT2D eigenvalue weighted by molar-refractivity contribution is 0.414. The van der Waals surface area contributed by atoms with Gasteiger partial charge in [-0.1, -0.05) is 6.92 Å². The predicted molar refractivity (Wildman–Crippen MR) is 79.8 cm³/mol.